The molecule has 0 aromatic rings. The molecule has 6 nitrogen and oxygen atoms in total. The van der Waals surface area contributed by atoms with Gasteiger partial charge in [0.05, 0.1) is 5.70 Å². The third-order valence-corrected chi connectivity index (χ3v) is 5.35. The molecule has 8 heteroatoms. The average Bonchev–Trinajstić information content (AvgIpc) is 3.05. The minimum absolute atomic E-state index is 0.0559. The summed E-state index contributed by atoms with van der Waals surface area (Å²) in [5, 5.41) is 9.27. The molecule has 0 radical (unpaired) electrons. The lowest BCUT2D eigenvalue weighted by atomic mass is 9.93. The number of ether oxygens (including phenoxy) is 2. The van der Waals surface area contributed by atoms with Crippen molar-refractivity contribution in [2.24, 2.45) is 0 Å². The monoisotopic (exact) mass is 363 g/mol. The SMILES string of the molecule is C=CCC1(Cl)C(=O)C(Cl)=C(N2CCCC2C(=O)O)C1(OC)OC. The summed E-state index contributed by atoms with van der Waals surface area (Å²) < 4.78 is 11.0. The molecule has 0 amide bonds. The van der Waals surface area contributed by atoms with Gasteiger partial charge in [0.2, 0.25) is 11.6 Å². The number of allylic oxidation sites excluding steroid dienone is 2. The van der Waals surface area contributed by atoms with E-state index in [4.69, 9.17) is 32.7 Å². The van der Waals surface area contributed by atoms with E-state index in [9.17, 15) is 14.7 Å². The third-order valence-electron chi connectivity index (χ3n) is 4.43. The van der Waals surface area contributed by atoms with Crippen molar-refractivity contribution in [2.75, 3.05) is 20.8 Å². The quantitative estimate of drug-likeness (QED) is 0.442. The Bertz CT molecular complexity index is 572. The second-order valence-electron chi connectivity index (χ2n) is 5.50. The first kappa shape index (κ1) is 18.3. The van der Waals surface area contributed by atoms with Crippen molar-refractivity contribution >= 4 is 35.0 Å². The molecule has 1 saturated heterocycles. The summed E-state index contributed by atoms with van der Waals surface area (Å²) in [5.74, 6) is -3.23. The van der Waals surface area contributed by atoms with Crippen molar-refractivity contribution in [3.63, 3.8) is 0 Å². The van der Waals surface area contributed by atoms with E-state index in [1.807, 2.05) is 0 Å². The van der Waals surface area contributed by atoms with E-state index in [-0.39, 0.29) is 17.2 Å². The molecule has 1 fully saturated rings. The second kappa shape index (κ2) is 6.43. The van der Waals surface area contributed by atoms with Gasteiger partial charge in [-0.1, -0.05) is 17.7 Å². The number of Topliss-reactive ketones (excluding diaryl/α,β-unsaturated/α-hetero) is 1. The average molecular weight is 364 g/mol. The second-order valence-corrected chi connectivity index (χ2v) is 6.52. The number of aliphatic carboxylic acids is 1. The van der Waals surface area contributed by atoms with Gasteiger partial charge in [-0.15, -0.1) is 18.2 Å². The van der Waals surface area contributed by atoms with Crippen molar-refractivity contribution < 1.29 is 24.2 Å². The van der Waals surface area contributed by atoms with Crippen molar-refractivity contribution in [2.45, 2.75) is 36.0 Å². The van der Waals surface area contributed by atoms with Gasteiger partial charge in [-0.25, -0.2) is 4.79 Å². The van der Waals surface area contributed by atoms with E-state index in [1.54, 1.807) is 4.90 Å². The minimum Gasteiger partial charge on any atom is -0.480 e. The van der Waals surface area contributed by atoms with E-state index in [1.165, 1.54) is 20.3 Å². The lowest BCUT2D eigenvalue weighted by molar-refractivity contribution is -0.207. The molecule has 2 aliphatic rings. The fraction of sp³-hybridized carbons (Fsp3) is 0.600. The maximum absolute atomic E-state index is 12.7. The Morgan fingerprint density at radius 3 is 2.61 bits per heavy atom. The van der Waals surface area contributed by atoms with Gasteiger partial charge in [0.1, 0.15) is 11.1 Å². The van der Waals surface area contributed by atoms with E-state index >= 15 is 0 Å². The molecular weight excluding hydrogens is 345 g/mol. The van der Waals surface area contributed by atoms with Gasteiger partial charge in [0.25, 0.3) is 0 Å². The minimum atomic E-state index is -1.67. The number of nitrogens with zero attached hydrogens (tertiary/aromatic N) is 1. The highest BCUT2D eigenvalue weighted by Crippen LogP contribution is 2.53. The summed E-state index contributed by atoms with van der Waals surface area (Å²) in [6.07, 6.45) is 2.63. The highest BCUT2D eigenvalue weighted by atomic mass is 35.5. The van der Waals surface area contributed by atoms with Crippen LogP contribution in [0.25, 0.3) is 0 Å². The summed E-state index contributed by atoms with van der Waals surface area (Å²) in [7, 11) is 2.69. The van der Waals surface area contributed by atoms with Crippen LogP contribution in [-0.4, -0.2) is 59.2 Å². The Labute approximate surface area is 144 Å². The number of methoxy groups -OCH3 is 2. The molecule has 2 atom stereocenters. The molecule has 1 N–H and O–H groups in total. The van der Waals surface area contributed by atoms with E-state index in [2.05, 4.69) is 6.58 Å². The Morgan fingerprint density at radius 1 is 1.52 bits per heavy atom. The van der Waals surface area contributed by atoms with Crippen molar-refractivity contribution in [3.8, 4) is 0 Å². The summed E-state index contributed by atoms with van der Waals surface area (Å²) in [4.78, 5) is 24.1. The number of hydrogen-bond acceptors (Lipinski definition) is 5. The summed E-state index contributed by atoms with van der Waals surface area (Å²) in [5.41, 5.74) is 0.177. The Kier molecular flexibility index (Phi) is 5.11. The van der Waals surface area contributed by atoms with Gasteiger partial charge in [0.15, 0.2) is 4.87 Å². The molecule has 23 heavy (non-hydrogen) atoms. The molecule has 1 aliphatic heterocycles. The lowest BCUT2D eigenvalue weighted by Gasteiger charge is -2.42. The fourth-order valence-electron chi connectivity index (χ4n) is 3.40. The van der Waals surface area contributed by atoms with Crippen molar-refractivity contribution in [3.05, 3.63) is 23.4 Å². The van der Waals surface area contributed by atoms with Crippen LogP contribution in [0.15, 0.2) is 23.4 Å². The molecule has 0 spiro atoms. The van der Waals surface area contributed by atoms with Crippen LogP contribution in [0.5, 0.6) is 0 Å². The largest absolute Gasteiger partial charge is 0.480 e. The molecule has 0 aromatic carbocycles. The molecule has 128 valence electrons. The molecule has 1 heterocycles. The third kappa shape index (κ3) is 2.39. The summed E-state index contributed by atoms with van der Waals surface area (Å²) in [6.45, 7) is 4.03. The highest BCUT2D eigenvalue weighted by molar-refractivity contribution is 6.53. The highest BCUT2D eigenvalue weighted by Gasteiger charge is 2.67. The smallest absolute Gasteiger partial charge is 0.326 e. The predicted octanol–water partition coefficient (Wildman–Crippen LogP) is 2.11. The number of carbonyl (C=O) groups is 2. The molecule has 2 unspecified atom stereocenters. The van der Waals surface area contributed by atoms with Crippen LogP contribution >= 0.6 is 23.2 Å². The van der Waals surface area contributed by atoms with Gasteiger partial charge in [0, 0.05) is 20.8 Å². The molecule has 2 rings (SSSR count). The zero-order valence-corrected chi connectivity index (χ0v) is 14.5. The normalized spacial score (nSPS) is 30.2. The van der Waals surface area contributed by atoms with Crippen molar-refractivity contribution in [1.82, 2.24) is 4.90 Å². The topological polar surface area (TPSA) is 76.1 Å². The van der Waals surface area contributed by atoms with Crippen LogP contribution in [0.3, 0.4) is 0 Å². The van der Waals surface area contributed by atoms with Gasteiger partial charge in [-0.05, 0) is 19.3 Å². The molecule has 1 aliphatic carbocycles. The number of hydrogen-bond donors (Lipinski definition) is 1. The van der Waals surface area contributed by atoms with Crippen LogP contribution in [0.2, 0.25) is 0 Å². The van der Waals surface area contributed by atoms with Crippen molar-refractivity contribution in [1.29, 1.82) is 0 Å². The van der Waals surface area contributed by atoms with Crippen LogP contribution in [0.4, 0.5) is 0 Å². The first-order chi connectivity index (χ1) is 10.8. The van der Waals surface area contributed by atoms with Crippen LogP contribution in [0, 0.1) is 0 Å². The van der Waals surface area contributed by atoms with Crippen LogP contribution in [0.1, 0.15) is 19.3 Å². The van der Waals surface area contributed by atoms with Crippen LogP contribution < -0.4 is 0 Å². The summed E-state index contributed by atoms with van der Waals surface area (Å²) >= 11 is 12.8. The zero-order chi connectivity index (χ0) is 17.4. The zero-order valence-electron chi connectivity index (χ0n) is 13.0. The number of carboxylic acid groups (broad SMARTS) is 1. The number of carbonyl (C=O) groups excluding carboxylic acids is 1. The van der Waals surface area contributed by atoms with E-state index < -0.39 is 28.5 Å². The Hall–Kier alpha value is -1.08. The number of ketones is 1. The maximum Gasteiger partial charge on any atom is 0.326 e. The predicted molar refractivity (Wildman–Crippen MR) is 85.4 cm³/mol. The maximum atomic E-state index is 12.7. The van der Waals surface area contributed by atoms with Crippen LogP contribution in [-0.2, 0) is 19.1 Å². The Balaban J connectivity index is 2.62. The standard InChI is InChI=1S/C15H19Cl2NO5/c1-4-7-14(17)12(19)10(16)11(15(14,22-2)23-3)18-8-5-6-9(18)13(20)21/h4,9H,1,5-8H2,2-3H3,(H,20,21). The molecule has 0 aromatic heterocycles. The van der Waals surface area contributed by atoms with E-state index in [0.717, 1.165) is 0 Å². The number of alkyl halides is 1. The summed E-state index contributed by atoms with van der Waals surface area (Å²) in [6, 6.07) is -0.807. The first-order valence-corrected chi connectivity index (χ1v) is 7.91. The van der Waals surface area contributed by atoms with Gasteiger partial charge in [-0.2, -0.15) is 0 Å². The molecular formula is C15H19Cl2NO5. The Morgan fingerprint density at radius 2 is 2.13 bits per heavy atom. The van der Waals surface area contributed by atoms with E-state index in [0.29, 0.717) is 19.4 Å². The van der Waals surface area contributed by atoms with Gasteiger partial charge < -0.3 is 19.5 Å². The van der Waals surface area contributed by atoms with Gasteiger partial charge >= 0.3 is 5.97 Å². The number of carboxylic acids is 1. The van der Waals surface area contributed by atoms with Gasteiger partial charge in [-0.3, -0.25) is 4.79 Å². The number of rotatable bonds is 6. The number of likely N-dealkylation sites (tertiary alicyclic amines) is 1. The fourth-order valence-corrected chi connectivity index (χ4v) is 4.29. The molecule has 0 saturated carbocycles. The first-order valence-electron chi connectivity index (χ1n) is 7.15. The lowest BCUT2D eigenvalue weighted by Crippen LogP contribution is -2.57. The molecule has 0 bridgehead atoms. The number of halogens is 2.